The van der Waals surface area contributed by atoms with Crippen molar-refractivity contribution in [2.45, 2.75) is 39.3 Å². The van der Waals surface area contributed by atoms with E-state index < -0.39 is 6.04 Å². The molecule has 156 valence electrons. The first-order chi connectivity index (χ1) is 13.9. The van der Waals surface area contributed by atoms with Gasteiger partial charge in [0, 0.05) is 12.6 Å². The van der Waals surface area contributed by atoms with Gasteiger partial charge in [-0.25, -0.2) is 0 Å². The fourth-order valence-electron chi connectivity index (χ4n) is 2.88. The average Bonchev–Trinajstić information content (AvgIpc) is 2.72. The minimum Gasteiger partial charge on any atom is -0.497 e. The van der Waals surface area contributed by atoms with Gasteiger partial charge in [-0.1, -0.05) is 30.3 Å². The number of hydrogen-bond acceptors (Lipinski definition) is 4. The van der Waals surface area contributed by atoms with Gasteiger partial charge in [0.1, 0.15) is 17.5 Å². The number of carbonyl (C=O) groups excluding carboxylic acids is 2. The molecule has 0 radical (unpaired) electrons. The Labute approximate surface area is 172 Å². The van der Waals surface area contributed by atoms with E-state index in [9.17, 15) is 9.59 Å². The molecule has 29 heavy (non-hydrogen) atoms. The maximum absolute atomic E-state index is 12.9. The Morgan fingerprint density at radius 1 is 0.966 bits per heavy atom. The van der Waals surface area contributed by atoms with E-state index in [2.05, 4.69) is 5.32 Å². The van der Waals surface area contributed by atoms with Crippen LogP contribution in [0.4, 0.5) is 0 Å². The zero-order chi connectivity index (χ0) is 21.2. The highest BCUT2D eigenvalue weighted by Gasteiger charge is 2.26. The third-order valence-corrected chi connectivity index (χ3v) is 4.50. The van der Waals surface area contributed by atoms with Crippen LogP contribution in [0.15, 0.2) is 54.6 Å². The Kier molecular flexibility index (Phi) is 8.52. The molecule has 6 heteroatoms. The Balaban J connectivity index is 2.04. The number of amides is 2. The van der Waals surface area contributed by atoms with Crippen molar-refractivity contribution in [1.29, 1.82) is 0 Å². The summed E-state index contributed by atoms with van der Waals surface area (Å²) in [5.74, 6) is 0.877. The van der Waals surface area contributed by atoms with Crippen LogP contribution in [0.5, 0.6) is 11.5 Å². The molecule has 0 saturated heterocycles. The fourth-order valence-corrected chi connectivity index (χ4v) is 2.88. The SMILES string of the molecule is COc1ccc(OCC(=O)N(CCc2ccccc2)C(C)C(=O)NC(C)C)cc1. The molecule has 0 aliphatic carbocycles. The molecule has 0 saturated carbocycles. The van der Waals surface area contributed by atoms with Gasteiger partial charge >= 0.3 is 0 Å². The van der Waals surface area contributed by atoms with Crippen LogP contribution >= 0.6 is 0 Å². The summed E-state index contributed by atoms with van der Waals surface area (Å²) >= 11 is 0. The maximum atomic E-state index is 12.9. The molecule has 0 spiro atoms. The van der Waals surface area contributed by atoms with Crippen molar-refractivity contribution >= 4 is 11.8 Å². The number of nitrogens with one attached hydrogen (secondary N) is 1. The highest BCUT2D eigenvalue weighted by Crippen LogP contribution is 2.17. The van der Waals surface area contributed by atoms with E-state index in [1.807, 2.05) is 44.2 Å². The zero-order valence-corrected chi connectivity index (χ0v) is 17.6. The van der Waals surface area contributed by atoms with Crippen molar-refractivity contribution in [3.05, 3.63) is 60.2 Å². The van der Waals surface area contributed by atoms with Crippen LogP contribution in [0.2, 0.25) is 0 Å². The number of carbonyl (C=O) groups is 2. The molecule has 0 aliphatic rings. The van der Waals surface area contributed by atoms with E-state index in [-0.39, 0.29) is 24.5 Å². The Morgan fingerprint density at radius 2 is 1.59 bits per heavy atom. The molecule has 0 aromatic heterocycles. The van der Waals surface area contributed by atoms with Gasteiger partial charge in [-0.05, 0) is 57.0 Å². The van der Waals surface area contributed by atoms with Gasteiger partial charge < -0.3 is 19.7 Å². The number of hydrogen-bond donors (Lipinski definition) is 1. The molecule has 1 N–H and O–H groups in total. The molecule has 0 heterocycles. The lowest BCUT2D eigenvalue weighted by Crippen LogP contribution is -2.51. The van der Waals surface area contributed by atoms with E-state index in [0.29, 0.717) is 24.5 Å². The molecule has 1 atom stereocenters. The Morgan fingerprint density at radius 3 is 2.17 bits per heavy atom. The van der Waals surface area contributed by atoms with Crippen LogP contribution in [0.3, 0.4) is 0 Å². The first-order valence-electron chi connectivity index (χ1n) is 9.81. The monoisotopic (exact) mass is 398 g/mol. The molecule has 0 aliphatic heterocycles. The van der Waals surface area contributed by atoms with Crippen molar-refractivity contribution in [3.8, 4) is 11.5 Å². The third kappa shape index (κ3) is 7.14. The molecule has 0 fully saturated rings. The molecule has 2 amide bonds. The first kappa shape index (κ1) is 22.3. The molecule has 2 aromatic rings. The molecule has 6 nitrogen and oxygen atoms in total. The minimum absolute atomic E-state index is 0.00609. The molecule has 0 bridgehead atoms. The normalized spacial score (nSPS) is 11.6. The van der Waals surface area contributed by atoms with Crippen LogP contribution in [0.25, 0.3) is 0 Å². The van der Waals surface area contributed by atoms with E-state index in [1.54, 1.807) is 43.2 Å². The van der Waals surface area contributed by atoms with Gasteiger partial charge in [0.25, 0.3) is 5.91 Å². The second kappa shape index (κ2) is 11.1. The third-order valence-electron chi connectivity index (χ3n) is 4.50. The number of nitrogens with zero attached hydrogens (tertiary/aromatic N) is 1. The van der Waals surface area contributed by atoms with Crippen molar-refractivity contribution in [2.75, 3.05) is 20.3 Å². The number of rotatable bonds is 10. The Bertz CT molecular complexity index is 775. The molecule has 1 unspecified atom stereocenters. The summed E-state index contributed by atoms with van der Waals surface area (Å²) in [6.45, 7) is 5.83. The standard InChI is InChI=1S/C23H30N2O4/c1-17(2)24-23(27)18(3)25(15-14-19-8-6-5-7-9-19)22(26)16-29-21-12-10-20(28-4)11-13-21/h5-13,17-18H,14-16H2,1-4H3,(H,24,27). The van der Waals surface area contributed by atoms with E-state index in [0.717, 1.165) is 5.56 Å². The van der Waals surface area contributed by atoms with Crippen molar-refractivity contribution in [1.82, 2.24) is 10.2 Å². The second-order valence-electron chi connectivity index (χ2n) is 7.13. The summed E-state index contributed by atoms with van der Waals surface area (Å²) in [5, 5.41) is 2.87. The van der Waals surface area contributed by atoms with Crippen molar-refractivity contribution < 1.29 is 19.1 Å². The summed E-state index contributed by atoms with van der Waals surface area (Å²) in [5.41, 5.74) is 1.11. The van der Waals surface area contributed by atoms with Crippen molar-refractivity contribution in [2.24, 2.45) is 0 Å². The van der Waals surface area contributed by atoms with Gasteiger partial charge in [-0.3, -0.25) is 9.59 Å². The molecule has 2 aromatic carbocycles. The summed E-state index contributed by atoms with van der Waals surface area (Å²) in [6.07, 6.45) is 0.661. The maximum Gasteiger partial charge on any atom is 0.261 e. The smallest absolute Gasteiger partial charge is 0.261 e. The molecule has 2 rings (SSSR count). The highest BCUT2D eigenvalue weighted by molar-refractivity contribution is 5.88. The van der Waals surface area contributed by atoms with Crippen LogP contribution in [0.1, 0.15) is 26.3 Å². The summed E-state index contributed by atoms with van der Waals surface area (Å²) in [4.78, 5) is 27.0. The largest absolute Gasteiger partial charge is 0.497 e. The predicted octanol–water partition coefficient (Wildman–Crippen LogP) is 3.06. The van der Waals surface area contributed by atoms with Gasteiger partial charge in [0.2, 0.25) is 5.91 Å². The van der Waals surface area contributed by atoms with Crippen LogP contribution in [-0.4, -0.2) is 49.1 Å². The van der Waals surface area contributed by atoms with E-state index >= 15 is 0 Å². The quantitative estimate of drug-likeness (QED) is 0.668. The van der Waals surface area contributed by atoms with E-state index in [1.165, 1.54) is 0 Å². The minimum atomic E-state index is -0.590. The highest BCUT2D eigenvalue weighted by atomic mass is 16.5. The van der Waals surface area contributed by atoms with E-state index in [4.69, 9.17) is 9.47 Å². The van der Waals surface area contributed by atoms with Crippen LogP contribution in [0, 0.1) is 0 Å². The summed E-state index contributed by atoms with van der Waals surface area (Å²) in [7, 11) is 1.59. The number of ether oxygens (including phenoxy) is 2. The summed E-state index contributed by atoms with van der Waals surface area (Å²) in [6, 6.07) is 16.3. The lowest BCUT2D eigenvalue weighted by molar-refractivity contribution is -0.141. The van der Waals surface area contributed by atoms with Gasteiger partial charge in [-0.15, -0.1) is 0 Å². The van der Waals surface area contributed by atoms with Gasteiger partial charge in [0.15, 0.2) is 6.61 Å². The molecular weight excluding hydrogens is 368 g/mol. The van der Waals surface area contributed by atoms with Crippen molar-refractivity contribution in [3.63, 3.8) is 0 Å². The van der Waals surface area contributed by atoms with Gasteiger partial charge in [0.05, 0.1) is 7.11 Å². The lowest BCUT2D eigenvalue weighted by Gasteiger charge is -2.29. The predicted molar refractivity (Wildman–Crippen MR) is 113 cm³/mol. The number of benzene rings is 2. The lowest BCUT2D eigenvalue weighted by atomic mass is 10.1. The van der Waals surface area contributed by atoms with Gasteiger partial charge in [-0.2, -0.15) is 0 Å². The second-order valence-corrected chi connectivity index (χ2v) is 7.13. The van der Waals surface area contributed by atoms with Crippen LogP contribution in [-0.2, 0) is 16.0 Å². The first-order valence-corrected chi connectivity index (χ1v) is 9.81. The summed E-state index contributed by atoms with van der Waals surface area (Å²) < 4.78 is 10.8. The topological polar surface area (TPSA) is 67.9 Å². The Hall–Kier alpha value is -3.02. The van der Waals surface area contributed by atoms with Crippen LogP contribution < -0.4 is 14.8 Å². The number of methoxy groups -OCH3 is 1. The average molecular weight is 399 g/mol. The zero-order valence-electron chi connectivity index (χ0n) is 17.6. The fraction of sp³-hybridized carbons (Fsp3) is 0.391. The molecular formula is C23H30N2O4.